The SMILES string of the molecule is CCCCN(CC)C(=O)c1ncn2c1CNS(=O)(=O)c1ccccc1-2. The average molecular weight is 362 g/mol. The average Bonchev–Trinajstić information content (AvgIpc) is 3.00. The molecule has 134 valence electrons. The minimum atomic E-state index is -3.62. The van der Waals surface area contributed by atoms with E-state index in [4.69, 9.17) is 0 Å². The number of imidazole rings is 1. The van der Waals surface area contributed by atoms with Crippen molar-refractivity contribution in [2.24, 2.45) is 0 Å². The molecule has 1 aliphatic heterocycles. The zero-order chi connectivity index (χ0) is 18.0. The van der Waals surface area contributed by atoms with E-state index in [0.717, 1.165) is 12.8 Å². The first-order valence-electron chi connectivity index (χ1n) is 8.44. The Hall–Kier alpha value is -2.19. The summed E-state index contributed by atoms with van der Waals surface area (Å²) >= 11 is 0. The molecule has 1 aliphatic rings. The lowest BCUT2D eigenvalue weighted by Gasteiger charge is -2.20. The van der Waals surface area contributed by atoms with Crippen LogP contribution in [0.15, 0.2) is 35.5 Å². The molecule has 2 aromatic rings. The van der Waals surface area contributed by atoms with Crippen LogP contribution in [-0.4, -0.2) is 41.9 Å². The molecular formula is C17H22N4O3S. The Morgan fingerprint density at radius 3 is 2.80 bits per heavy atom. The summed E-state index contributed by atoms with van der Waals surface area (Å²) in [6, 6.07) is 6.71. The fourth-order valence-corrected chi connectivity index (χ4v) is 4.14. The second-order valence-electron chi connectivity index (χ2n) is 5.94. The van der Waals surface area contributed by atoms with Crippen molar-refractivity contribution in [2.75, 3.05) is 13.1 Å². The number of fused-ring (bicyclic) bond motifs is 3. The summed E-state index contributed by atoms with van der Waals surface area (Å²) in [4.78, 5) is 19.1. The summed E-state index contributed by atoms with van der Waals surface area (Å²) < 4.78 is 29.1. The molecule has 0 saturated carbocycles. The third kappa shape index (κ3) is 3.19. The van der Waals surface area contributed by atoms with Gasteiger partial charge in [0, 0.05) is 13.1 Å². The van der Waals surface area contributed by atoms with Gasteiger partial charge in [-0.2, -0.15) is 0 Å². The van der Waals surface area contributed by atoms with Gasteiger partial charge in [0.25, 0.3) is 5.91 Å². The van der Waals surface area contributed by atoms with E-state index >= 15 is 0 Å². The van der Waals surface area contributed by atoms with Gasteiger partial charge in [0.15, 0.2) is 5.69 Å². The fourth-order valence-electron chi connectivity index (χ4n) is 2.96. The maximum atomic E-state index is 12.9. The molecule has 0 bridgehead atoms. The first kappa shape index (κ1) is 17.6. The Labute approximate surface area is 147 Å². The molecule has 2 heterocycles. The Morgan fingerprint density at radius 1 is 1.32 bits per heavy atom. The number of benzene rings is 1. The molecule has 7 nitrogen and oxygen atoms in total. The number of sulfonamides is 1. The van der Waals surface area contributed by atoms with E-state index in [9.17, 15) is 13.2 Å². The molecule has 0 unspecified atom stereocenters. The van der Waals surface area contributed by atoms with Crippen LogP contribution in [0.5, 0.6) is 0 Å². The van der Waals surface area contributed by atoms with Gasteiger partial charge < -0.3 is 4.90 Å². The van der Waals surface area contributed by atoms with E-state index in [0.29, 0.717) is 30.2 Å². The zero-order valence-corrected chi connectivity index (χ0v) is 15.2. The number of hydrogen-bond acceptors (Lipinski definition) is 4. The molecule has 8 heteroatoms. The lowest BCUT2D eigenvalue weighted by molar-refractivity contribution is 0.0755. The Balaban J connectivity index is 2.05. The van der Waals surface area contributed by atoms with Crippen molar-refractivity contribution in [3.05, 3.63) is 42.0 Å². The minimum absolute atomic E-state index is 0.0312. The molecule has 3 rings (SSSR count). The van der Waals surface area contributed by atoms with Crippen LogP contribution in [0.1, 0.15) is 42.9 Å². The predicted molar refractivity (Wildman–Crippen MR) is 94.1 cm³/mol. The van der Waals surface area contributed by atoms with E-state index in [1.54, 1.807) is 33.7 Å². The Bertz CT molecular complexity index is 889. The number of nitrogens with one attached hydrogen (secondary N) is 1. The van der Waals surface area contributed by atoms with Crippen molar-refractivity contribution in [3.63, 3.8) is 0 Å². The largest absolute Gasteiger partial charge is 0.338 e. The standard InChI is InChI=1S/C17H22N4O3S/c1-3-5-10-20(4-2)17(22)16-14-11-19-25(23,24)15-9-7-6-8-13(15)21(14)12-18-16/h6-9,12,19H,3-5,10-11H2,1-2H3. The highest BCUT2D eigenvalue weighted by atomic mass is 32.2. The highest BCUT2D eigenvalue weighted by Crippen LogP contribution is 2.26. The van der Waals surface area contributed by atoms with E-state index in [1.807, 2.05) is 6.92 Å². The van der Waals surface area contributed by atoms with Gasteiger partial charge in [0.2, 0.25) is 10.0 Å². The van der Waals surface area contributed by atoms with Gasteiger partial charge in [-0.25, -0.2) is 18.1 Å². The van der Waals surface area contributed by atoms with Gasteiger partial charge in [0.05, 0.1) is 17.9 Å². The number of carbonyl (C=O) groups is 1. The number of unbranched alkanes of at least 4 members (excludes halogenated alkanes) is 1. The smallest absolute Gasteiger partial charge is 0.274 e. The zero-order valence-electron chi connectivity index (χ0n) is 14.4. The van der Waals surface area contributed by atoms with Crippen LogP contribution in [0.4, 0.5) is 0 Å². The highest BCUT2D eigenvalue weighted by Gasteiger charge is 2.29. The summed E-state index contributed by atoms with van der Waals surface area (Å²) in [5.41, 5.74) is 1.37. The maximum Gasteiger partial charge on any atom is 0.274 e. The van der Waals surface area contributed by atoms with E-state index in [1.165, 1.54) is 6.33 Å². The summed E-state index contributed by atoms with van der Waals surface area (Å²) in [5.74, 6) is -0.164. The fraction of sp³-hybridized carbons (Fsp3) is 0.412. The van der Waals surface area contributed by atoms with E-state index in [-0.39, 0.29) is 17.3 Å². The van der Waals surface area contributed by atoms with Crippen LogP contribution in [0.3, 0.4) is 0 Å². The van der Waals surface area contributed by atoms with E-state index in [2.05, 4.69) is 16.6 Å². The normalized spacial score (nSPS) is 15.1. The monoisotopic (exact) mass is 362 g/mol. The number of para-hydroxylation sites is 1. The number of amides is 1. The number of aromatic nitrogens is 2. The van der Waals surface area contributed by atoms with Crippen molar-refractivity contribution < 1.29 is 13.2 Å². The molecule has 1 amide bonds. The highest BCUT2D eigenvalue weighted by molar-refractivity contribution is 7.89. The van der Waals surface area contributed by atoms with Crippen LogP contribution >= 0.6 is 0 Å². The summed E-state index contributed by atoms with van der Waals surface area (Å²) in [5, 5.41) is 0. The molecule has 1 N–H and O–H groups in total. The van der Waals surface area contributed by atoms with Gasteiger partial charge in [-0.15, -0.1) is 0 Å². The number of carbonyl (C=O) groups excluding carboxylic acids is 1. The first-order valence-corrected chi connectivity index (χ1v) is 9.92. The predicted octanol–water partition coefficient (Wildman–Crippen LogP) is 1.93. The van der Waals surface area contributed by atoms with Crippen molar-refractivity contribution in [1.29, 1.82) is 0 Å². The lowest BCUT2D eigenvalue weighted by Crippen LogP contribution is -2.33. The minimum Gasteiger partial charge on any atom is -0.338 e. The van der Waals surface area contributed by atoms with Crippen molar-refractivity contribution in [2.45, 2.75) is 38.1 Å². The van der Waals surface area contributed by atoms with Crippen LogP contribution in [0.25, 0.3) is 5.69 Å². The molecule has 0 saturated heterocycles. The quantitative estimate of drug-likeness (QED) is 0.881. The number of hydrogen-bond donors (Lipinski definition) is 1. The molecular weight excluding hydrogens is 340 g/mol. The van der Waals surface area contributed by atoms with Gasteiger partial charge in [-0.3, -0.25) is 9.36 Å². The third-order valence-electron chi connectivity index (χ3n) is 4.36. The molecule has 1 aromatic carbocycles. The summed E-state index contributed by atoms with van der Waals surface area (Å²) in [7, 11) is -3.62. The summed E-state index contributed by atoms with van der Waals surface area (Å²) in [6.07, 6.45) is 3.45. The van der Waals surface area contributed by atoms with Crippen molar-refractivity contribution >= 4 is 15.9 Å². The molecule has 0 fully saturated rings. The second-order valence-corrected chi connectivity index (χ2v) is 7.68. The second kappa shape index (κ2) is 6.97. The van der Waals surface area contributed by atoms with Crippen molar-refractivity contribution in [3.8, 4) is 5.69 Å². The number of rotatable bonds is 5. The third-order valence-corrected chi connectivity index (χ3v) is 5.81. The topological polar surface area (TPSA) is 84.3 Å². The summed E-state index contributed by atoms with van der Waals surface area (Å²) in [6.45, 7) is 5.30. The molecule has 0 spiro atoms. The van der Waals surface area contributed by atoms with Crippen LogP contribution < -0.4 is 4.72 Å². The Morgan fingerprint density at radius 2 is 2.08 bits per heavy atom. The molecule has 1 aromatic heterocycles. The lowest BCUT2D eigenvalue weighted by atomic mass is 10.2. The maximum absolute atomic E-state index is 12.9. The van der Waals surface area contributed by atoms with Gasteiger partial charge in [-0.1, -0.05) is 25.5 Å². The molecule has 0 aliphatic carbocycles. The Kier molecular flexibility index (Phi) is 4.91. The first-order chi connectivity index (χ1) is 12.0. The van der Waals surface area contributed by atoms with Crippen molar-refractivity contribution in [1.82, 2.24) is 19.2 Å². The van der Waals surface area contributed by atoms with Gasteiger partial charge >= 0.3 is 0 Å². The van der Waals surface area contributed by atoms with Crippen LogP contribution in [-0.2, 0) is 16.6 Å². The van der Waals surface area contributed by atoms with E-state index < -0.39 is 10.0 Å². The molecule has 0 radical (unpaired) electrons. The molecule has 0 atom stereocenters. The van der Waals surface area contributed by atoms with Gasteiger partial charge in [-0.05, 0) is 25.5 Å². The number of nitrogens with zero attached hydrogens (tertiary/aromatic N) is 3. The van der Waals surface area contributed by atoms with Crippen LogP contribution in [0.2, 0.25) is 0 Å². The molecule has 25 heavy (non-hydrogen) atoms. The van der Waals surface area contributed by atoms with Gasteiger partial charge in [0.1, 0.15) is 11.2 Å². The van der Waals surface area contributed by atoms with Crippen LogP contribution in [0, 0.1) is 0 Å².